The van der Waals surface area contributed by atoms with Gasteiger partial charge in [0.15, 0.2) is 0 Å². The second-order valence-electron chi connectivity index (χ2n) is 6.41. The van der Waals surface area contributed by atoms with Gasteiger partial charge in [0.1, 0.15) is 5.82 Å². The van der Waals surface area contributed by atoms with E-state index in [4.69, 9.17) is 14.5 Å². The minimum atomic E-state index is -0.328. The maximum absolute atomic E-state index is 11.8. The second kappa shape index (κ2) is 8.22. The number of esters is 1. The molecule has 2 aromatic carbocycles. The van der Waals surface area contributed by atoms with Gasteiger partial charge in [-0.2, -0.15) is 4.98 Å². The molecule has 1 aliphatic heterocycles. The molecular formula is C21H22N4O3. The molecule has 0 atom stereocenters. The number of aromatic nitrogens is 2. The zero-order chi connectivity index (χ0) is 19.3. The Morgan fingerprint density at radius 2 is 1.86 bits per heavy atom. The number of carbonyl (C=O) groups is 1. The molecule has 0 radical (unpaired) electrons. The number of ether oxygens (including phenoxy) is 2. The van der Waals surface area contributed by atoms with Crippen LogP contribution < -0.4 is 10.2 Å². The Kier molecular flexibility index (Phi) is 5.34. The van der Waals surface area contributed by atoms with Crippen molar-refractivity contribution in [3.8, 4) is 0 Å². The fourth-order valence-electron chi connectivity index (χ4n) is 3.17. The normalized spacial score (nSPS) is 14.1. The van der Waals surface area contributed by atoms with Crippen molar-refractivity contribution in [2.45, 2.75) is 6.92 Å². The minimum absolute atomic E-state index is 0.328. The van der Waals surface area contributed by atoms with Gasteiger partial charge in [-0.3, -0.25) is 0 Å². The van der Waals surface area contributed by atoms with Crippen LogP contribution in [0, 0.1) is 0 Å². The lowest BCUT2D eigenvalue weighted by Crippen LogP contribution is -2.37. The predicted octanol–water partition coefficient (Wildman–Crippen LogP) is 3.39. The number of morpholine rings is 1. The van der Waals surface area contributed by atoms with Gasteiger partial charge in [0.05, 0.1) is 30.9 Å². The summed E-state index contributed by atoms with van der Waals surface area (Å²) in [6.07, 6.45) is 0. The number of nitrogens with one attached hydrogen (secondary N) is 1. The lowest BCUT2D eigenvalue weighted by molar-refractivity contribution is 0.0526. The average Bonchev–Trinajstić information content (AvgIpc) is 2.74. The van der Waals surface area contributed by atoms with Crippen molar-refractivity contribution in [2.75, 3.05) is 43.1 Å². The number of nitrogens with zero attached hydrogens (tertiary/aromatic N) is 3. The summed E-state index contributed by atoms with van der Waals surface area (Å²) >= 11 is 0. The fourth-order valence-corrected chi connectivity index (χ4v) is 3.17. The van der Waals surface area contributed by atoms with Crippen molar-refractivity contribution in [1.82, 2.24) is 9.97 Å². The quantitative estimate of drug-likeness (QED) is 0.682. The van der Waals surface area contributed by atoms with Gasteiger partial charge in [0, 0.05) is 24.2 Å². The van der Waals surface area contributed by atoms with Crippen LogP contribution in [-0.2, 0) is 9.47 Å². The number of hydrogen-bond acceptors (Lipinski definition) is 7. The van der Waals surface area contributed by atoms with Crippen molar-refractivity contribution in [3.05, 3.63) is 54.1 Å². The molecule has 0 spiro atoms. The van der Waals surface area contributed by atoms with Crippen LogP contribution >= 0.6 is 0 Å². The maximum Gasteiger partial charge on any atom is 0.338 e. The highest BCUT2D eigenvalue weighted by molar-refractivity contribution is 5.91. The molecule has 4 rings (SSSR count). The Balaban J connectivity index is 1.62. The molecule has 1 N–H and O–H groups in total. The smallest absolute Gasteiger partial charge is 0.338 e. The Bertz CT molecular complexity index is 969. The van der Waals surface area contributed by atoms with Crippen LogP contribution in [0.15, 0.2) is 48.5 Å². The summed E-state index contributed by atoms with van der Waals surface area (Å²) in [5, 5.41) is 4.26. The van der Waals surface area contributed by atoms with E-state index in [0.717, 1.165) is 35.5 Å². The molecule has 1 fully saturated rings. The highest BCUT2D eigenvalue weighted by Crippen LogP contribution is 2.27. The third-order valence-electron chi connectivity index (χ3n) is 4.55. The molecule has 0 aliphatic carbocycles. The number of fused-ring (bicyclic) bond motifs is 1. The number of hydrogen-bond donors (Lipinski definition) is 1. The van der Waals surface area contributed by atoms with Crippen LogP contribution in [0.3, 0.4) is 0 Å². The topological polar surface area (TPSA) is 76.6 Å². The highest BCUT2D eigenvalue weighted by atomic mass is 16.5. The molecule has 0 bridgehead atoms. The second-order valence-corrected chi connectivity index (χ2v) is 6.41. The van der Waals surface area contributed by atoms with E-state index in [-0.39, 0.29) is 5.97 Å². The van der Waals surface area contributed by atoms with Gasteiger partial charge in [-0.15, -0.1) is 0 Å². The van der Waals surface area contributed by atoms with Gasteiger partial charge in [-0.25, -0.2) is 9.78 Å². The van der Waals surface area contributed by atoms with Gasteiger partial charge in [0.2, 0.25) is 5.95 Å². The van der Waals surface area contributed by atoms with Crippen molar-refractivity contribution < 1.29 is 14.3 Å². The Morgan fingerprint density at radius 1 is 1.11 bits per heavy atom. The molecule has 0 amide bonds. The van der Waals surface area contributed by atoms with Crippen LogP contribution in [0.4, 0.5) is 17.5 Å². The van der Waals surface area contributed by atoms with E-state index in [0.29, 0.717) is 31.3 Å². The summed E-state index contributed by atoms with van der Waals surface area (Å²) in [6.45, 7) is 5.13. The Labute approximate surface area is 163 Å². The van der Waals surface area contributed by atoms with Crippen LogP contribution in [-0.4, -0.2) is 48.8 Å². The Hall–Kier alpha value is -3.19. The molecule has 0 saturated carbocycles. The fraction of sp³-hybridized carbons (Fsp3) is 0.286. The molecule has 2 heterocycles. The van der Waals surface area contributed by atoms with Gasteiger partial charge in [0.25, 0.3) is 0 Å². The van der Waals surface area contributed by atoms with E-state index in [2.05, 4.69) is 15.2 Å². The minimum Gasteiger partial charge on any atom is -0.462 e. The summed E-state index contributed by atoms with van der Waals surface area (Å²) < 4.78 is 10.5. The van der Waals surface area contributed by atoms with Gasteiger partial charge in [-0.05, 0) is 43.3 Å². The molecule has 3 aromatic rings. The Morgan fingerprint density at radius 3 is 2.61 bits per heavy atom. The average molecular weight is 378 g/mol. The van der Waals surface area contributed by atoms with Crippen molar-refractivity contribution in [1.29, 1.82) is 0 Å². The van der Waals surface area contributed by atoms with E-state index >= 15 is 0 Å². The molecule has 144 valence electrons. The molecule has 7 heteroatoms. The van der Waals surface area contributed by atoms with Crippen molar-refractivity contribution >= 4 is 34.3 Å². The first kappa shape index (κ1) is 18.2. The van der Waals surface area contributed by atoms with Crippen LogP contribution in [0.5, 0.6) is 0 Å². The molecule has 1 aromatic heterocycles. The number of carbonyl (C=O) groups excluding carboxylic acids is 1. The van der Waals surface area contributed by atoms with Crippen molar-refractivity contribution in [3.63, 3.8) is 0 Å². The van der Waals surface area contributed by atoms with E-state index < -0.39 is 0 Å². The number of anilines is 3. The first-order valence-electron chi connectivity index (χ1n) is 9.38. The van der Waals surface area contributed by atoms with Crippen LogP contribution in [0.2, 0.25) is 0 Å². The van der Waals surface area contributed by atoms with Gasteiger partial charge < -0.3 is 19.7 Å². The van der Waals surface area contributed by atoms with E-state index in [1.807, 2.05) is 36.4 Å². The van der Waals surface area contributed by atoms with E-state index in [9.17, 15) is 4.79 Å². The largest absolute Gasteiger partial charge is 0.462 e. The summed E-state index contributed by atoms with van der Waals surface area (Å²) in [6, 6.07) is 15.1. The van der Waals surface area contributed by atoms with E-state index in [1.165, 1.54) is 0 Å². The summed E-state index contributed by atoms with van der Waals surface area (Å²) in [4.78, 5) is 23.4. The predicted molar refractivity (Wildman–Crippen MR) is 108 cm³/mol. The first-order valence-corrected chi connectivity index (χ1v) is 9.38. The maximum atomic E-state index is 11.8. The third kappa shape index (κ3) is 3.89. The van der Waals surface area contributed by atoms with Crippen molar-refractivity contribution in [2.24, 2.45) is 0 Å². The lowest BCUT2D eigenvalue weighted by Gasteiger charge is -2.29. The number of benzene rings is 2. The standard InChI is InChI=1S/C21H22N4O3/c1-2-28-20(26)15-7-9-16(10-8-15)22-21-23-18-6-4-3-5-17(18)19(24-21)25-11-13-27-14-12-25/h3-10H,2,11-14H2,1H3,(H,22,23,24). The van der Waals surface area contributed by atoms with E-state index in [1.54, 1.807) is 19.1 Å². The van der Waals surface area contributed by atoms with Crippen LogP contribution in [0.1, 0.15) is 17.3 Å². The molecule has 1 saturated heterocycles. The molecule has 0 unspecified atom stereocenters. The number of para-hydroxylation sites is 1. The molecule has 7 nitrogen and oxygen atoms in total. The monoisotopic (exact) mass is 378 g/mol. The lowest BCUT2D eigenvalue weighted by atomic mass is 10.2. The molecule has 28 heavy (non-hydrogen) atoms. The van der Waals surface area contributed by atoms with Crippen LogP contribution in [0.25, 0.3) is 10.9 Å². The summed E-state index contributed by atoms with van der Waals surface area (Å²) in [5.41, 5.74) is 2.20. The molecular weight excluding hydrogens is 356 g/mol. The third-order valence-corrected chi connectivity index (χ3v) is 4.55. The SMILES string of the molecule is CCOC(=O)c1ccc(Nc2nc(N3CCOCC3)c3ccccc3n2)cc1. The zero-order valence-electron chi connectivity index (χ0n) is 15.7. The first-order chi connectivity index (χ1) is 13.7. The summed E-state index contributed by atoms with van der Waals surface area (Å²) in [7, 11) is 0. The van der Waals surface area contributed by atoms with Gasteiger partial charge in [-0.1, -0.05) is 12.1 Å². The highest BCUT2D eigenvalue weighted by Gasteiger charge is 2.17. The van der Waals surface area contributed by atoms with Gasteiger partial charge >= 0.3 is 5.97 Å². The summed E-state index contributed by atoms with van der Waals surface area (Å²) in [5.74, 6) is 1.09. The zero-order valence-corrected chi connectivity index (χ0v) is 15.7. The molecule has 1 aliphatic rings. The number of rotatable bonds is 5.